The van der Waals surface area contributed by atoms with Gasteiger partial charge >= 0.3 is 0 Å². The Bertz CT molecular complexity index is 1010. The van der Waals surface area contributed by atoms with Gasteiger partial charge in [-0.15, -0.1) is 0 Å². The minimum atomic E-state index is -3.88. The standard InChI is InChI=1S/C19H20Cl2N2O5S/c1-27-17-5-3-2-4-13(17)12-22-19(24)14-10-18(16(21)11-15(14)20)29(25,26)23-6-8-28-9-7-23/h2-5,10-11H,6-9,12H2,1H3,(H,22,24). The summed E-state index contributed by atoms with van der Waals surface area (Å²) in [5, 5.41) is 2.76. The van der Waals surface area contributed by atoms with E-state index in [0.29, 0.717) is 19.0 Å². The summed E-state index contributed by atoms with van der Waals surface area (Å²) in [4.78, 5) is 12.5. The fourth-order valence-electron chi connectivity index (χ4n) is 2.95. The molecule has 1 N–H and O–H groups in total. The normalized spacial score (nSPS) is 15.1. The van der Waals surface area contributed by atoms with E-state index in [4.69, 9.17) is 32.7 Å². The average Bonchev–Trinajstić information content (AvgIpc) is 2.72. The van der Waals surface area contributed by atoms with E-state index < -0.39 is 15.9 Å². The van der Waals surface area contributed by atoms with Gasteiger partial charge in [0.2, 0.25) is 10.0 Å². The number of hydrogen-bond acceptors (Lipinski definition) is 5. The van der Waals surface area contributed by atoms with Crippen LogP contribution in [-0.2, 0) is 21.3 Å². The topological polar surface area (TPSA) is 84.9 Å². The second-order valence-electron chi connectivity index (χ2n) is 6.27. The first-order chi connectivity index (χ1) is 13.8. The minimum absolute atomic E-state index is 0.0257. The van der Waals surface area contributed by atoms with Crippen molar-refractivity contribution >= 4 is 39.1 Å². The molecule has 0 radical (unpaired) electrons. The molecule has 29 heavy (non-hydrogen) atoms. The molecule has 0 unspecified atom stereocenters. The van der Waals surface area contributed by atoms with E-state index >= 15 is 0 Å². The number of carbonyl (C=O) groups excluding carboxylic acids is 1. The van der Waals surface area contributed by atoms with E-state index in [0.717, 1.165) is 5.56 Å². The van der Waals surface area contributed by atoms with Gasteiger partial charge in [-0.1, -0.05) is 41.4 Å². The fraction of sp³-hybridized carbons (Fsp3) is 0.316. The van der Waals surface area contributed by atoms with Gasteiger partial charge in [-0.2, -0.15) is 4.31 Å². The van der Waals surface area contributed by atoms with Crippen LogP contribution in [0.3, 0.4) is 0 Å². The highest BCUT2D eigenvalue weighted by Crippen LogP contribution is 2.31. The number of morpholine rings is 1. The molecule has 10 heteroatoms. The van der Waals surface area contributed by atoms with Crippen molar-refractivity contribution in [2.45, 2.75) is 11.4 Å². The van der Waals surface area contributed by atoms with E-state index in [-0.39, 0.29) is 40.1 Å². The SMILES string of the molecule is COc1ccccc1CNC(=O)c1cc(S(=O)(=O)N2CCOCC2)c(Cl)cc1Cl. The van der Waals surface area contributed by atoms with Crippen LogP contribution in [0.25, 0.3) is 0 Å². The van der Waals surface area contributed by atoms with Crippen molar-refractivity contribution in [1.29, 1.82) is 0 Å². The van der Waals surface area contributed by atoms with Gasteiger partial charge in [0.1, 0.15) is 10.6 Å². The number of nitrogens with zero attached hydrogens (tertiary/aromatic N) is 1. The summed E-state index contributed by atoms with van der Waals surface area (Å²) in [6.45, 7) is 1.23. The Kier molecular flexibility index (Phi) is 7.02. The first-order valence-corrected chi connectivity index (χ1v) is 11.0. The number of hydrogen-bond donors (Lipinski definition) is 1. The highest BCUT2D eigenvalue weighted by Gasteiger charge is 2.30. The Morgan fingerprint density at radius 2 is 1.86 bits per heavy atom. The maximum absolute atomic E-state index is 13.0. The molecule has 1 fully saturated rings. The Morgan fingerprint density at radius 3 is 2.55 bits per heavy atom. The molecule has 1 saturated heterocycles. The molecule has 1 heterocycles. The number of sulfonamides is 1. The van der Waals surface area contributed by atoms with Gasteiger partial charge in [0, 0.05) is 25.2 Å². The fourth-order valence-corrected chi connectivity index (χ4v) is 5.19. The lowest BCUT2D eigenvalue weighted by atomic mass is 10.1. The van der Waals surface area contributed by atoms with Crippen LogP contribution >= 0.6 is 23.2 Å². The maximum atomic E-state index is 13.0. The number of rotatable bonds is 6. The van der Waals surface area contributed by atoms with Gasteiger partial charge in [-0.3, -0.25) is 4.79 Å². The van der Waals surface area contributed by atoms with Gasteiger partial charge in [-0.25, -0.2) is 8.42 Å². The third-order valence-electron chi connectivity index (χ3n) is 4.49. The van der Waals surface area contributed by atoms with Crippen LogP contribution in [0.2, 0.25) is 10.0 Å². The number of halogens is 2. The van der Waals surface area contributed by atoms with E-state index in [1.807, 2.05) is 18.2 Å². The lowest BCUT2D eigenvalue weighted by molar-refractivity contribution is 0.0730. The van der Waals surface area contributed by atoms with Gasteiger partial charge in [0.25, 0.3) is 5.91 Å². The Morgan fingerprint density at radius 1 is 1.17 bits per heavy atom. The monoisotopic (exact) mass is 458 g/mol. The van der Waals surface area contributed by atoms with Crippen LogP contribution in [0.15, 0.2) is 41.3 Å². The second-order valence-corrected chi connectivity index (χ2v) is 8.99. The van der Waals surface area contributed by atoms with Crippen LogP contribution in [-0.4, -0.2) is 52.0 Å². The van der Waals surface area contributed by atoms with Crippen molar-refractivity contribution in [1.82, 2.24) is 9.62 Å². The summed E-state index contributed by atoms with van der Waals surface area (Å²) in [6, 6.07) is 9.73. The van der Waals surface area contributed by atoms with Crippen LogP contribution in [0.1, 0.15) is 15.9 Å². The van der Waals surface area contributed by atoms with Crippen molar-refractivity contribution < 1.29 is 22.7 Å². The van der Waals surface area contributed by atoms with Crippen molar-refractivity contribution in [2.24, 2.45) is 0 Å². The van der Waals surface area contributed by atoms with E-state index in [9.17, 15) is 13.2 Å². The molecule has 1 amide bonds. The van der Waals surface area contributed by atoms with Gasteiger partial charge < -0.3 is 14.8 Å². The molecule has 0 spiro atoms. The van der Waals surface area contributed by atoms with Crippen molar-refractivity contribution in [3.63, 3.8) is 0 Å². The van der Waals surface area contributed by atoms with Crippen molar-refractivity contribution in [3.8, 4) is 5.75 Å². The molecule has 1 aliphatic rings. The zero-order valence-corrected chi connectivity index (χ0v) is 18.0. The first-order valence-electron chi connectivity index (χ1n) is 8.81. The second kappa shape index (κ2) is 9.32. The highest BCUT2D eigenvalue weighted by molar-refractivity contribution is 7.89. The van der Waals surface area contributed by atoms with Crippen LogP contribution < -0.4 is 10.1 Å². The van der Waals surface area contributed by atoms with Crippen LogP contribution in [0, 0.1) is 0 Å². The van der Waals surface area contributed by atoms with Crippen molar-refractivity contribution in [3.05, 3.63) is 57.6 Å². The molecule has 2 aromatic rings. The Balaban J connectivity index is 1.86. The molecule has 3 rings (SSSR count). The summed E-state index contributed by atoms with van der Waals surface area (Å²) >= 11 is 12.3. The van der Waals surface area contributed by atoms with E-state index in [1.165, 1.54) is 16.4 Å². The number of amides is 1. The molecule has 0 bridgehead atoms. The summed E-state index contributed by atoms with van der Waals surface area (Å²) in [7, 11) is -2.34. The number of benzene rings is 2. The van der Waals surface area contributed by atoms with Gasteiger partial charge in [0.15, 0.2) is 0 Å². The van der Waals surface area contributed by atoms with Gasteiger partial charge in [0.05, 0.1) is 35.9 Å². The van der Waals surface area contributed by atoms with Crippen LogP contribution in [0.5, 0.6) is 5.75 Å². The number of ether oxygens (including phenoxy) is 2. The maximum Gasteiger partial charge on any atom is 0.253 e. The average molecular weight is 459 g/mol. The molecule has 2 aromatic carbocycles. The molecule has 0 saturated carbocycles. The largest absolute Gasteiger partial charge is 0.496 e. The minimum Gasteiger partial charge on any atom is -0.496 e. The lowest BCUT2D eigenvalue weighted by Gasteiger charge is -2.26. The lowest BCUT2D eigenvalue weighted by Crippen LogP contribution is -2.40. The molecule has 156 valence electrons. The summed E-state index contributed by atoms with van der Waals surface area (Å²) in [6.07, 6.45) is 0. The molecule has 0 atom stereocenters. The number of nitrogens with one attached hydrogen (secondary N) is 1. The highest BCUT2D eigenvalue weighted by atomic mass is 35.5. The quantitative estimate of drug-likeness (QED) is 0.718. The molecular formula is C19H20Cl2N2O5S. The van der Waals surface area contributed by atoms with E-state index in [2.05, 4.69) is 5.32 Å². The molecular weight excluding hydrogens is 439 g/mol. The summed E-state index contributed by atoms with van der Waals surface area (Å²) in [5.41, 5.74) is 0.799. The Labute approximate surface area is 179 Å². The van der Waals surface area contributed by atoms with Gasteiger partial charge in [-0.05, 0) is 18.2 Å². The Hall–Kier alpha value is -1.84. The molecule has 1 aliphatic heterocycles. The summed E-state index contributed by atoms with van der Waals surface area (Å²) < 4.78 is 37.6. The number of para-hydroxylation sites is 1. The number of carbonyl (C=O) groups is 1. The molecule has 0 aliphatic carbocycles. The number of methoxy groups -OCH3 is 1. The third kappa shape index (κ3) is 4.84. The zero-order chi connectivity index (χ0) is 21.0. The predicted octanol–water partition coefficient (Wildman–Crippen LogP) is 2.95. The third-order valence-corrected chi connectivity index (χ3v) is 7.16. The van der Waals surface area contributed by atoms with E-state index in [1.54, 1.807) is 13.2 Å². The zero-order valence-electron chi connectivity index (χ0n) is 15.7. The summed E-state index contributed by atoms with van der Waals surface area (Å²) in [5.74, 6) is 0.113. The first kappa shape index (κ1) is 21.9. The van der Waals surface area contributed by atoms with Crippen LogP contribution in [0.4, 0.5) is 0 Å². The van der Waals surface area contributed by atoms with Crippen molar-refractivity contribution in [2.75, 3.05) is 33.4 Å². The molecule has 0 aromatic heterocycles. The predicted molar refractivity (Wildman–Crippen MR) is 110 cm³/mol. The molecule has 7 nitrogen and oxygen atoms in total. The smallest absolute Gasteiger partial charge is 0.253 e.